The average molecular weight is 515 g/mol. The van der Waals surface area contributed by atoms with Gasteiger partial charge in [-0.05, 0) is 29.3 Å². The van der Waals surface area contributed by atoms with Crippen molar-refractivity contribution in [2.24, 2.45) is 16.5 Å². The van der Waals surface area contributed by atoms with E-state index in [1.807, 2.05) is 51.2 Å². The van der Waals surface area contributed by atoms with Gasteiger partial charge in [-0.2, -0.15) is 0 Å². The summed E-state index contributed by atoms with van der Waals surface area (Å²) in [5.41, 5.74) is 13.3. The predicted molar refractivity (Wildman–Crippen MR) is 152 cm³/mol. The number of aliphatic imine (C=N–C) groups is 1. The van der Waals surface area contributed by atoms with Crippen molar-refractivity contribution >= 4 is 24.1 Å². The van der Waals surface area contributed by atoms with Crippen LogP contribution in [0.25, 0.3) is 12.4 Å². The zero-order valence-electron chi connectivity index (χ0n) is 23.2. The van der Waals surface area contributed by atoms with Gasteiger partial charge in [-0.3, -0.25) is 4.79 Å². The lowest BCUT2D eigenvalue weighted by atomic mass is 10.1. The standard InChI is InChI=1S/C26H40N6O3.C2H6/c1-5-7-8-12-29-26(31-23(28)6-2)25-19(3)11-13-32(25)16-21-10-9-20(14-22(21)34-4)17-35-18-30-24(33)15-27;1-2/h9-11,13-14,29H,3,5-8,12,15-18,27H2,1-2,4H3,(H2,28,31)(H,30,33);1-2H3/b26-25+;. The first-order chi connectivity index (χ1) is 17.9. The van der Waals surface area contributed by atoms with Crippen LogP contribution in [-0.2, 0) is 22.7 Å². The van der Waals surface area contributed by atoms with Crippen molar-refractivity contribution in [2.75, 3.05) is 26.9 Å². The smallest absolute Gasteiger partial charge is 0.235 e. The van der Waals surface area contributed by atoms with Crippen molar-refractivity contribution in [3.63, 3.8) is 0 Å². The van der Waals surface area contributed by atoms with Gasteiger partial charge in [-0.1, -0.05) is 59.2 Å². The fourth-order valence-corrected chi connectivity index (χ4v) is 3.48. The highest BCUT2D eigenvalue weighted by Gasteiger charge is 2.10. The minimum Gasteiger partial charge on any atom is -0.496 e. The molecule has 1 heterocycles. The van der Waals surface area contributed by atoms with E-state index in [2.05, 4.69) is 33.7 Å². The summed E-state index contributed by atoms with van der Waals surface area (Å²) in [6.07, 6.45) is 6.03. The normalized spacial score (nSPS) is 11.9. The summed E-state index contributed by atoms with van der Waals surface area (Å²) in [5.74, 6) is 1.79. The van der Waals surface area contributed by atoms with Crippen molar-refractivity contribution in [3.05, 3.63) is 52.2 Å². The molecular formula is C28H46N6O3. The molecule has 0 fully saturated rings. The highest BCUT2D eigenvalue weighted by atomic mass is 16.5. The Kier molecular flexibility index (Phi) is 15.5. The van der Waals surface area contributed by atoms with Crippen molar-refractivity contribution in [1.29, 1.82) is 0 Å². The number of methoxy groups -OCH3 is 1. The second kappa shape index (κ2) is 18.0. The fourth-order valence-electron chi connectivity index (χ4n) is 3.48. The molecule has 37 heavy (non-hydrogen) atoms. The first kappa shape index (κ1) is 31.7. The lowest BCUT2D eigenvalue weighted by Gasteiger charge is -2.14. The molecule has 0 saturated carbocycles. The Hall–Kier alpha value is -3.30. The van der Waals surface area contributed by atoms with Crippen molar-refractivity contribution in [2.45, 2.75) is 66.5 Å². The maximum Gasteiger partial charge on any atom is 0.235 e. The van der Waals surface area contributed by atoms with Crippen molar-refractivity contribution in [1.82, 2.24) is 15.2 Å². The van der Waals surface area contributed by atoms with E-state index in [0.717, 1.165) is 59.1 Å². The molecule has 0 saturated heterocycles. The Morgan fingerprint density at radius 1 is 1.16 bits per heavy atom. The number of nitrogens with zero attached hydrogens (tertiary/aromatic N) is 2. The number of amides is 1. The van der Waals surface area contributed by atoms with E-state index < -0.39 is 0 Å². The molecule has 0 spiro atoms. The van der Waals surface area contributed by atoms with Crippen LogP contribution in [0.5, 0.6) is 5.75 Å². The quantitative estimate of drug-likeness (QED) is 0.125. The van der Waals surface area contributed by atoms with Gasteiger partial charge in [-0.25, -0.2) is 4.99 Å². The molecule has 0 aliphatic heterocycles. The molecule has 1 amide bonds. The number of aromatic nitrogens is 1. The van der Waals surface area contributed by atoms with E-state index in [9.17, 15) is 4.79 Å². The maximum atomic E-state index is 11.2. The van der Waals surface area contributed by atoms with Gasteiger partial charge in [0, 0.05) is 24.7 Å². The number of carbonyl (C=O) groups is 1. The van der Waals surface area contributed by atoms with E-state index in [0.29, 0.717) is 25.4 Å². The molecule has 0 radical (unpaired) electrons. The Morgan fingerprint density at radius 2 is 1.92 bits per heavy atom. The molecule has 0 aliphatic carbocycles. The molecule has 6 N–H and O–H groups in total. The monoisotopic (exact) mass is 514 g/mol. The molecule has 1 aromatic carbocycles. The fraction of sp³-hybridized carbons (Fsp3) is 0.500. The summed E-state index contributed by atoms with van der Waals surface area (Å²) < 4.78 is 13.3. The molecule has 206 valence electrons. The number of nitrogens with two attached hydrogens (primary N) is 2. The molecule has 0 aliphatic rings. The van der Waals surface area contributed by atoms with Gasteiger partial charge in [0.1, 0.15) is 18.3 Å². The van der Waals surface area contributed by atoms with E-state index >= 15 is 0 Å². The van der Waals surface area contributed by atoms with Crippen LogP contribution in [-0.4, -0.2) is 43.2 Å². The van der Waals surface area contributed by atoms with Crippen LogP contribution in [0.4, 0.5) is 0 Å². The predicted octanol–water partition coefficient (Wildman–Crippen LogP) is 2.14. The highest BCUT2D eigenvalue weighted by Crippen LogP contribution is 2.21. The first-order valence-corrected chi connectivity index (χ1v) is 13.1. The number of rotatable bonds is 15. The molecule has 0 atom stereocenters. The molecule has 9 heteroatoms. The van der Waals surface area contributed by atoms with Crippen LogP contribution in [0, 0.1) is 0 Å². The van der Waals surface area contributed by atoms with Crippen LogP contribution >= 0.6 is 0 Å². The molecular weight excluding hydrogens is 468 g/mol. The molecule has 2 rings (SSSR count). The summed E-state index contributed by atoms with van der Waals surface area (Å²) in [5, 5.41) is 7.83. The second-order valence-electron chi connectivity index (χ2n) is 8.20. The van der Waals surface area contributed by atoms with Gasteiger partial charge in [0.15, 0.2) is 5.82 Å². The van der Waals surface area contributed by atoms with E-state index in [1.165, 1.54) is 0 Å². The molecule has 0 bridgehead atoms. The first-order valence-electron chi connectivity index (χ1n) is 13.1. The van der Waals surface area contributed by atoms with E-state index in [-0.39, 0.29) is 19.2 Å². The number of hydrogen-bond acceptors (Lipinski definition) is 6. The third kappa shape index (κ3) is 10.7. The zero-order chi connectivity index (χ0) is 27.6. The largest absolute Gasteiger partial charge is 0.496 e. The lowest BCUT2D eigenvalue weighted by molar-refractivity contribution is -0.121. The third-order valence-corrected chi connectivity index (χ3v) is 5.48. The van der Waals surface area contributed by atoms with Crippen molar-refractivity contribution in [3.8, 4) is 5.75 Å². The zero-order valence-corrected chi connectivity index (χ0v) is 23.2. The number of ether oxygens (including phenoxy) is 2. The Balaban J connectivity index is 0.00000334. The third-order valence-electron chi connectivity index (χ3n) is 5.48. The number of hydrogen-bond donors (Lipinski definition) is 4. The van der Waals surface area contributed by atoms with E-state index in [1.54, 1.807) is 7.11 Å². The SMILES string of the molecule is C=c1ccn(Cc2ccc(COCNC(=O)CN)cc2OC)/c1=C(/N=C(/N)CC)NCCCCC.CC. The van der Waals surface area contributed by atoms with Gasteiger partial charge >= 0.3 is 0 Å². The number of amidine groups is 1. The van der Waals surface area contributed by atoms with Gasteiger partial charge in [0.25, 0.3) is 0 Å². The highest BCUT2D eigenvalue weighted by molar-refractivity contribution is 5.83. The topological polar surface area (TPSA) is 129 Å². The van der Waals surface area contributed by atoms with Crippen LogP contribution in [0.1, 0.15) is 64.5 Å². The lowest BCUT2D eigenvalue weighted by Crippen LogP contribution is -2.36. The summed E-state index contributed by atoms with van der Waals surface area (Å²) in [4.78, 5) is 15.9. The number of unbranched alkanes of at least 4 members (excludes halogenated alkanes) is 2. The van der Waals surface area contributed by atoms with Crippen LogP contribution in [0.2, 0.25) is 0 Å². The molecule has 0 unspecified atom stereocenters. The molecule has 1 aromatic heterocycles. The van der Waals surface area contributed by atoms with Gasteiger partial charge in [-0.15, -0.1) is 0 Å². The second-order valence-corrected chi connectivity index (χ2v) is 8.20. The Labute approximate surface area is 221 Å². The Bertz CT molecular complexity index is 1090. The maximum absolute atomic E-state index is 11.2. The summed E-state index contributed by atoms with van der Waals surface area (Å²) in [6.45, 7) is 14.2. The number of nitrogens with one attached hydrogen (secondary N) is 2. The Morgan fingerprint density at radius 3 is 2.57 bits per heavy atom. The van der Waals surface area contributed by atoms with Gasteiger partial charge in [0.2, 0.25) is 5.91 Å². The van der Waals surface area contributed by atoms with Gasteiger partial charge in [0.05, 0.1) is 32.2 Å². The minimum atomic E-state index is -0.258. The van der Waals surface area contributed by atoms with E-state index in [4.69, 9.17) is 20.9 Å². The number of carbonyl (C=O) groups excluding carboxylic acids is 1. The summed E-state index contributed by atoms with van der Waals surface area (Å²) in [7, 11) is 1.65. The van der Waals surface area contributed by atoms with Gasteiger partial charge < -0.3 is 36.1 Å². The molecule has 9 nitrogen and oxygen atoms in total. The minimum absolute atomic E-state index is 0.0635. The molecule has 2 aromatic rings. The summed E-state index contributed by atoms with van der Waals surface area (Å²) in [6, 6.07) is 7.92. The van der Waals surface area contributed by atoms with Crippen molar-refractivity contribution < 1.29 is 14.3 Å². The van der Waals surface area contributed by atoms with Crippen LogP contribution in [0.3, 0.4) is 0 Å². The van der Waals surface area contributed by atoms with Crippen LogP contribution < -0.4 is 37.4 Å². The van der Waals surface area contributed by atoms with Crippen LogP contribution in [0.15, 0.2) is 35.5 Å². The summed E-state index contributed by atoms with van der Waals surface area (Å²) >= 11 is 0. The average Bonchev–Trinajstić information content (AvgIpc) is 3.29. The number of benzene rings is 1.